The molecule has 0 atom stereocenters. The molecule has 3 nitrogen and oxygen atoms in total. The molecular weight excluding hydrogens is 250 g/mol. The number of nitrogens with zero attached hydrogens (tertiary/aromatic N) is 2. The second-order valence-corrected chi connectivity index (χ2v) is 5.29. The Morgan fingerprint density at radius 1 is 1.26 bits per heavy atom. The lowest BCUT2D eigenvalue weighted by atomic mass is 10.1. The van der Waals surface area contributed by atoms with Gasteiger partial charge in [0.1, 0.15) is 17.3 Å². The summed E-state index contributed by atoms with van der Waals surface area (Å²) in [6.45, 7) is 5.71. The van der Waals surface area contributed by atoms with E-state index in [1.807, 2.05) is 20.8 Å². The molecule has 2 aromatic rings. The number of hydrogen-bond donors (Lipinski definition) is 0. The fraction of sp³-hybridized carbons (Fsp3) is 0.286. The van der Waals surface area contributed by atoms with Gasteiger partial charge < -0.3 is 0 Å². The zero-order valence-corrected chi connectivity index (χ0v) is 10.9. The van der Waals surface area contributed by atoms with Crippen molar-refractivity contribution in [3.05, 3.63) is 41.6 Å². The summed E-state index contributed by atoms with van der Waals surface area (Å²) in [6, 6.07) is 3.09. The van der Waals surface area contributed by atoms with Gasteiger partial charge in [-0.25, -0.2) is 8.78 Å². The molecule has 0 unspecified atom stereocenters. The van der Waals surface area contributed by atoms with E-state index in [0.717, 1.165) is 18.2 Å². The molecule has 5 heteroatoms. The minimum atomic E-state index is -0.608. The largest absolute Gasteiger partial charge is 0.298 e. The quantitative estimate of drug-likeness (QED) is 0.779. The van der Waals surface area contributed by atoms with Gasteiger partial charge in [-0.2, -0.15) is 5.10 Å². The minimum absolute atomic E-state index is 0.00917. The van der Waals surface area contributed by atoms with E-state index in [-0.39, 0.29) is 22.4 Å². The van der Waals surface area contributed by atoms with Gasteiger partial charge >= 0.3 is 0 Å². The maximum Gasteiger partial charge on any atom is 0.153 e. The number of hydrogen-bond acceptors (Lipinski definition) is 2. The van der Waals surface area contributed by atoms with Crippen LogP contribution in [0, 0.1) is 11.6 Å². The maximum absolute atomic E-state index is 13.7. The first kappa shape index (κ1) is 13.4. The summed E-state index contributed by atoms with van der Waals surface area (Å²) in [5, 5.41) is 4.20. The van der Waals surface area contributed by atoms with Crippen molar-refractivity contribution in [2.45, 2.75) is 26.3 Å². The highest BCUT2D eigenvalue weighted by molar-refractivity contribution is 5.85. The van der Waals surface area contributed by atoms with Gasteiger partial charge in [-0.1, -0.05) is 0 Å². The molecule has 1 aromatic heterocycles. The van der Waals surface area contributed by atoms with Gasteiger partial charge in [0.05, 0.1) is 11.1 Å². The molecule has 1 heterocycles. The van der Waals surface area contributed by atoms with Crippen molar-refractivity contribution in [2.24, 2.45) is 0 Å². The lowest BCUT2D eigenvalue weighted by Gasteiger charge is -2.18. The van der Waals surface area contributed by atoms with E-state index in [1.165, 1.54) is 6.20 Å². The molecule has 100 valence electrons. The van der Waals surface area contributed by atoms with Crippen LogP contribution in [0.5, 0.6) is 0 Å². The summed E-state index contributed by atoms with van der Waals surface area (Å²) in [4.78, 5) is 11.1. The van der Waals surface area contributed by atoms with Crippen LogP contribution in [-0.2, 0) is 5.54 Å². The van der Waals surface area contributed by atoms with Gasteiger partial charge in [-0.3, -0.25) is 9.48 Å². The van der Waals surface area contributed by atoms with Crippen molar-refractivity contribution in [3.8, 4) is 11.3 Å². The number of rotatable bonds is 2. The molecule has 2 rings (SSSR count). The van der Waals surface area contributed by atoms with Crippen LogP contribution in [0.2, 0.25) is 0 Å². The smallest absolute Gasteiger partial charge is 0.153 e. The summed E-state index contributed by atoms with van der Waals surface area (Å²) in [5.41, 5.74) is 0.0336. The van der Waals surface area contributed by atoms with Gasteiger partial charge in [0.2, 0.25) is 0 Å². The van der Waals surface area contributed by atoms with Crippen molar-refractivity contribution in [1.29, 1.82) is 0 Å². The molecule has 0 amide bonds. The third kappa shape index (κ3) is 2.54. The number of carbonyl (C=O) groups excluding carboxylic acids is 1. The molecule has 0 aliphatic rings. The van der Waals surface area contributed by atoms with E-state index in [2.05, 4.69) is 5.10 Å². The number of benzene rings is 1. The Labute approximate surface area is 109 Å². The van der Waals surface area contributed by atoms with E-state index < -0.39 is 11.6 Å². The first-order valence-electron chi connectivity index (χ1n) is 5.83. The second kappa shape index (κ2) is 4.57. The minimum Gasteiger partial charge on any atom is -0.298 e. The van der Waals surface area contributed by atoms with Gasteiger partial charge in [-0.15, -0.1) is 0 Å². The van der Waals surface area contributed by atoms with Crippen molar-refractivity contribution in [1.82, 2.24) is 9.78 Å². The highest BCUT2D eigenvalue weighted by Crippen LogP contribution is 2.27. The summed E-state index contributed by atoms with van der Waals surface area (Å²) in [5.74, 6) is -1.18. The highest BCUT2D eigenvalue weighted by atomic mass is 19.1. The third-order valence-corrected chi connectivity index (χ3v) is 2.74. The zero-order valence-electron chi connectivity index (χ0n) is 10.9. The predicted molar refractivity (Wildman–Crippen MR) is 68.0 cm³/mol. The summed E-state index contributed by atoms with van der Waals surface area (Å²) in [6.07, 6.45) is 2.13. The monoisotopic (exact) mass is 264 g/mol. The first-order chi connectivity index (χ1) is 8.82. The van der Waals surface area contributed by atoms with E-state index in [1.54, 1.807) is 4.68 Å². The average Bonchev–Trinajstić information content (AvgIpc) is 2.76. The molecule has 0 aliphatic heterocycles. The summed E-state index contributed by atoms with van der Waals surface area (Å²) >= 11 is 0. The van der Waals surface area contributed by atoms with Gasteiger partial charge in [0.15, 0.2) is 6.29 Å². The molecule has 0 radical (unpaired) electrons. The first-order valence-corrected chi connectivity index (χ1v) is 5.83. The van der Waals surface area contributed by atoms with E-state index in [0.29, 0.717) is 6.29 Å². The Kier molecular flexibility index (Phi) is 3.22. The van der Waals surface area contributed by atoms with Crippen LogP contribution in [0.4, 0.5) is 8.78 Å². The topological polar surface area (TPSA) is 34.9 Å². The zero-order chi connectivity index (χ0) is 14.2. The molecule has 0 saturated heterocycles. The fourth-order valence-corrected chi connectivity index (χ4v) is 1.71. The number of aromatic nitrogens is 2. The fourth-order valence-electron chi connectivity index (χ4n) is 1.71. The molecule has 0 bridgehead atoms. The molecule has 1 aromatic carbocycles. The molecule has 0 N–H and O–H groups in total. The van der Waals surface area contributed by atoms with Gasteiger partial charge in [0.25, 0.3) is 0 Å². The Bertz CT molecular complexity index is 627. The van der Waals surface area contributed by atoms with Crippen LogP contribution in [0.3, 0.4) is 0 Å². The van der Waals surface area contributed by atoms with Gasteiger partial charge in [-0.05, 0) is 39.0 Å². The van der Waals surface area contributed by atoms with Crippen LogP contribution in [0.1, 0.15) is 31.1 Å². The lowest BCUT2D eigenvalue weighted by molar-refractivity contribution is 0.112. The molecule has 0 fully saturated rings. The predicted octanol–water partition coefficient (Wildman–Crippen LogP) is 3.40. The SMILES string of the molecule is CC(C)(C)n1cc(C=O)c(-c2cc(F)ccc2F)n1. The summed E-state index contributed by atoms with van der Waals surface area (Å²) < 4.78 is 28.5. The van der Waals surface area contributed by atoms with Crippen molar-refractivity contribution in [3.63, 3.8) is 0 Å². The Balaban J connectivity index is 2.64. The maximum atomic E-state index is 13.7. The van der Waals surface area contributed by atoms with Crippen molar-refractivity contribution < 1.29 is 13.6 Å². The van der Waals surface area contributed by atoms with E-state index in [4.69, 9.17) is 0 Å². The van der Waals surface area contributed by atoms with E-state index >= 15 is 0 Å². The number of halogens is 2. The van der Waals surface area contributed by atoms with Crippen molar-refractivity contribution >= 4 is 6.29 Å². The molecule has 0 aliphatic carbocycles. The average molecular weight is 264 g/mol. The Morgan fingerprint density at radius 2 is 1.95 bits per heavy atom. The third-order valence-electron chi connectivity index (χ3n) is 2.74. The Hall–Kier alpha value is -2.04. The number of carbonyl (C=O) groups is 1. The normalized spacial score (nSPS) is 11.6. The lowest BCUT2D eigenvalue weighted by Crippen LogP contribution is -2.22. The van der Waals surface area contributed by atoms with Crippen LogP contribution in [-0.4, -0.2) is 16.1 Å². The Morgan fingerprint density at radius 3 is 2.53 bits per heavy atom. The van der Waals surface area contributed by atoms with Crippen LogP contribution >= 0.6 is 0 Å². The van der Waals surface area contributed by atoms with Crippen LogP contribution in [0.25, 0.3) is 11.3 Å². The van der Waals surface area contributed by atoms with E-state index in [9.17, 15) is 13.6 Å². The number of aldehydes is 1. The molecule has 0 spiro atoms. The summed E-state index contributed by atoms with van der Waals surface area (Å²) in [7, 11) is 0. The highest BCUT2D eigenvalue weighted by Gasteiger charge is 2.20. The standard InChI is InChI=1S/C14H14F2N2O/c1-14(2,3)18-7-9(8-19)13(17-18)11-6-10(15)4-5-12(11)16/h4-8H,1-3H3. The van der Waals surface area contributed by atoms with Crippen molar-refractivity contribution in [2.75, 3.05) is 0 Å². The molecule has 19 heavy (non-hydrogen) atoms. The second-order valence-electron chi connectivity index (χ2n) is 5.29. The molecule has 0 saturated carbocycles. The van der Waals surface area contributed by atoms with Gasteiger partial charge in [0, 0.05) is 11.8 Å². The van der Waals surface area contributed by atoms with Crippen LogP contribution < -0.4 is 0 Å². The molecular formula is C14H14F2N2O. The van der Waals surface area contributed by atoms with Crippen LogP contribution in [0.15, 0.2) is 24.4 Å².